The number of hydrogen-bond donors (Lipinski definition) is 2. The maximum absolute atomic E-state index is 12.2. The second-order valence-corrected chi connectivity index (χ2v) is 6.85. The summed E-state index contributed by atoms with van der Waals surface area (Å²) < 4.78 is 5.33. The van der Waals surface area contributed by atoms with Gasteiger partial charge in [-0.15, -0.1) is 0 Å². The van der Waals surface area contributed by atoms with Crippen LogP contribution in [0.15, 0.2) is 0 Å². The maximum atomic E-state index is 12.2. The number of rotatable bonds is 3. The summed E-state index contributed by atoms with van der Waals surface area (Å²) in [6.07, 6.45) is 1.84. The molecule has 2 N–H and O–H groups in total. The van der Waals surface area contributed by atoms with Gasteiger partial charge in [0.1, 0.15) is 6.04 Å². The van der Waals surface area contributed by atoms with Crippen LogP contribution in [0.25, 0.3) is 0 Å². The van der Waals surface area contributed by atoms with Crippen molar-refractivity contribution >= 4 is 23.8 Å². The Morgan fingerprint density at radius 3 is 2.80 bits per heavy atom. The van der Waals surface area contributed by atoms with E-state index in [1.807, 2.05) is 0 Å². The molecule has 0 saturated carbocycles. The van der Waals surface area contributed by atoms with E-state index in [1.54, 1.807) is 11.8 Å². The average molecular weight is 302 g/mol. The molecule has 0 bridgehead atoms. The Hall–Kier alpha value is -0.950. The second-order valence-electron chi connectivity index (χ2n) is 5.70. The maximum Gasteiger partial charge on any atom is 0.327 e. The van der Waals surface area contributed by atoms with Gasteiger partial charge in [-0.3, -0.25) is 0 Å². The van der Waals surface area contributed by atoms with Gasteiger partial charge in [0.25, 0.3) is 0 Å². The van der Waals surface area contributed by atoms with Crippen molar-refractivity contribution < 1.29 is 19.4 Å². The van der Waals surface area contributed by atoms with Crippen molar-refractivity contribution in [1.29, 1.82) is 0 Å². The van der Waals surface area contributed by atoms with E-state index in [1.165, 1.54) is 4.90 Å². The van der Waals surface area contributed by atoms with Crippen molar-refractivity contribution in [3.05, 3.63) is 0 Å². The number of urea groups is 1. The molecule has 0 aromatic heterocycles. The fraction of sp³-hybridized carbons (Fsp3) is 0.846. The van der Waals surface area contributed by atoms with E-state index >= 15 is 0 Å². The molecule has 2 fully saturated rings. The minimum Gasteiger partial charge on any atom is -0.480 e. The van der Waals surface area contributed by atoms with Gasteiger partial charge in [-0.2, -0.15) is 11.8 Å². The molecule has 2 heterocycles. The summed E-state index contributed by atoms with van der Waals surface area (Å²) in [5, 5.41) is 12.1. The first kappa shape index (κ1) is 15.4. The Kier molecular flexibility index (Phi) is 5.15. The predicted molar refractivity (Wildman–Crippen MR) is 77.0 cm³/mol. The first-order chi connectivity index (χ1) is 9.52. The summed E-state index contributed by atoms with van der Waals surface area (Å²) in [7, 11) is 0. The Morgan fingerprint density at radius 1 is 1.45 bits per heavy atom. The fourth-order valence-corrected chi connectivity index (χ4v) is 3.52. The molecule has 2 rings (SSSR count). The van der Waals surface area contributed by atoms with Crippen LogP contribution >= 0.6 is 11.8 Å². The standard InChI is InChI=1S/C13H22N2O4S/c1-13(2-5-19-6-3-13)9-14-12(18)15-4-7-20-8-10(15)11(16)17/h10H,2-9H2,1H3,(H,14,18)(H,16,17). The summed E-state index contributed by atoms with van der Waals surface area (Å²) in [6.45, 7) is 4.66. The molecule has 2 amide bonds. The Morgan fingerprint density at radius 2 is 2.15 bits per heavy atom. The number of carboxylic acids is 1. The zero-order valence-electron chi connectivity index (χ0n) is 11.8. The van der Waals surface area contributed by atoms with Gasteiger partial charge >= 0.3 is 12.0 Å². The van der Waals surface area contributed by atoms with E-state index in [-0.39, 0.29) is 11.4 Å². The SMILES string of the molecule is CC1(CNC(=O)N2CCSCC2C(=O)O)CCOCC1. The van der Waals surface area contributed by atoms with Crippen molar-refractivity contribution in [2.24, 2.45) is 5.41 Å². The fourth-order valence-electron chi connectivity index (χ4n) is 2.48. The van der Waals surface area contributed by atoms with Crippen LogP contribution in [-0.4, -0.2) is 65.9 Å². The molecule has 1 atom stereocenters. The monoisotopic (exact) mass is 302 g/mol. The molecular weight excluding hydrogens is 280 g/mol. The van der Waals surface area contributed by atoms with E-state index in [0.717, 1.165) is 31.8 Å². The van der Waals surface area contributed by atoms with Crippen molar-refractivity contribution in [2.75, 3.05) is 37.8 Å². The number of hydrogen-bond acceptors (Lipinski definition) is 4. The number of aliphatic carboxylic acids is 1. The van der Waals surface area contributed by atoms with Gasteiger partial charge in [0.2, 0.25) is 0 Å². The lowest BCUT2D eigenvalue weighted by Gasteiger charge is -2.36. The lowest BCUT2D eigenvalue weighted by atomic mass is 9.82. The average Bonchev–Trinajstić information content (AvgIpc) is 2.45. The lowest BCUT2D eigenvalue weighted by molar-refractivity contribution is -0.141. The number of carbonyl (C=O) groups is 2. The Balaban J connectivity index is 1.88. The smallest absolute Gasteiger partial charge is 0.327 e. The zero-order chi connectivity index (χ0) is 14.6. The summed E-state index contributed by atoms with van der Waals surface area (Å²) in [5.74, 6) is 0.334. The predicted octanol–water partition coefficient (Wildman–Crippen LogP) is 1.01. The van der Waals surface area contributed by atoms with Gasteiger partial charge in [-0.1, -0.05) is 6.92 Å². The molecule has 114 valence electrons. The van der Waals surface area contributed by atoms with E-state index in [2.05, 4.69) is 12.2 Å². The first-order valence-electron chi connectivity index (χ1n) is 6.95. The number of nitrogens with one attached hydrogen (secondary N) is 1. The van der Waals surface area contributed by atoms with Crippen LogP contribution in [0.4, 0.5) is 4.79 Å². The van der Waals surface area contributed by atoms with Gasteiger partial charge in [-0.05, 0) is 18.3 Å². The van der Waals surface area contributed by atoms with Crippen molar-refractivity contribution in [3.63, 3.8) is 0 Å². The number of nitrogens with zero attached hydrogens (tertiary/aromatic N) is 1. The Labute approximate surface area is 123 Å². The molecular formula is C13H22N2O4S. The molecule has 6 nitrogen and oxygen atoms in total. The van der Waals surface area contributed by atoms with Gasteiger partial charge in [0, 0.05) is 37.8 Å². The number of ether oxygens (including phenoxy) is 1. The van der Waals surface area contributed by atoms with Crippen LogP contribution in [0, 0.1) is 5.41 Å². The molecule has 0 aromatic rings. The molecule has 1 unspecified atom stereocenters. The molecule has 0 aromatic carbocycles. The molecule has 7 heteroatoms. The van der Waals surface area contributed by atoms with E-state index in [4.69, 9.17) is 4.74 Å². The minimum absolute atomic E-state index is 0.0527. The molecule has 0 radical (unpaired) electrons. The van der Waals surface area contributed by atoms with Crippen molar-refractivity contribution in [3.8, 4) is 0 Å². The summed E-state index contributed by atoms with van der Waals surface area (Å²) in [6, 6.07) is -0.971. The highest BCUT2D eigenvalue weighted by Gasteiger charge is 2.34. The molecule has 20 heavy (non-hydrogen) atoms. The summed E-state index contributed by atoms with van der Waals surface area (Å²) in [4.78, 5) is 24.8. The number of carbonyl (C=O) groups excluding carboxylic acids is 1. The minimum atomic E-state index is -0.926. The molecule has 0 aliphatic carbocycles. The van der Waals surface area contributed by atoms with Crippen LogP contribution in [0.5, 0.6) is 0 Å². The highest BCUT2D eigenvalue weighted by atomic mass is 32.2. The van der Waals surface area contributed by atoms with Gasteiger partial charge in [-0.25, -0.2) is 9.59 Å². The van der Waals surface area contributed by atoms with Crippen LogP contribution in [0.1, 0.15) is 19.8 Å². The van der Waals surface area contributed by atoms with Gasteiger partial charge < -0.3 is 20.1 Å². The van der Waals surface area contributed by atoms with E-state index in [0.29, 0.717) is 18.8 Å². The van der Waals surface area contributed by atoms with Crippen LogP contribution in [0.2, 0.25) is 0 Å². The lowest BCUT2D eigenvalue weighted by Crippen LogP contribution is -2.55. The highest BCUT2D eigenvalue weighted by Crippen LogP contribution is 2.28. The number of thioether (sulfide) groups is 1. The number of carboxylic acid groups (broad SMARTS) is 1. The van der Waals surface area contributed by atoms with Crippen molar-refractivity contribution in [2.45, 2.75) is 25.8 Å². The van der Waals surface area contributed by atoms with Crippen LogP contribution < -0.4 is 5.32 Å². The van der Waals surface area contributed by atoms with Gasteiger partial charge in [0.05, 0.1) is 0 Å². The van der Waals surface area contributed by atoms with Gasteiger partial charge in [0.15, 0.2) is 0 Å². The zero-order valence-corrected chi connectivity index (χ0v) is 12.6. The molecule has 2 aliphatic rings. The van der Waals surface area contributed by atoms with E-state index in [9.17, 15) is 14.7 Å². The summed E-state index contributed by atoms with van der Waals surface area (Å²) >= 11 is 1.58. The molecule has 0 spiro atoms. The van der Waals surface area contributed by atoms with Crippen LogP contribution in [-0.2, 0) is 9.53 Å². The molecule has 2 saturated heterocycles. The number of amides is 2. The Bertz CT molecular complexity index is 371. The third-order valence-electron chi connectivity index (χ3n) is 4.04. The normalized spacial score (nSPS) is 26.1. The van der Waals surface area contributed by atoms with E-state index < -0.39 is 12.0 Å². The summed E-state index contributed by atoms with van der Waals surface area (Å²) in [5.41, 5.74) is 0.0527. The first-order valence-corrected chi connectivity index (χ1v) is 8.10. The second kappa shape index (κ2) is 6.67. The largest absolute Gasteiger partial charge is 0.480 e. The molecule has 2 aliphatic heterocycles. The highest BCUT2D eigenvalue weighted by molar-refractivity contribution is 7.99. The van der Waals surface area contributed by atoms with Crippen molar-refractivity contribution in [1.82, 2.24) is 10.2 Å². The van der Waals surface area contributed by atoms with Crippen LogP contribution in [0.3, 0.4) is 0 Å². The quantitative estimate of drug-likeness (QED) is 0.813. The topological polar surface area (TPSA) is 78.9 Å². The third-order valence-corrected chi connectivity index (χ3v) is 5.06. The third kappa shape index (κ3) is 3.79.